The summed E-state index contributed by atoms with van der Waals surface area (Å²) in [5.74, 6) is 0.482. The highest BCUT2D eigenvalue weighted by molar-refractivity contribution is 6.08. The molecule has 2 N–H and O–H groups in total. The maximum absolute atomic E-state index is 5.95. The first-order valence-corrected chi connectivity index (χ1v) is 5.86. The van der Waals surface area contributed by atoms with E-state index in [9.17, 15) is 0 Å². The highest BCUT2D eigenvalue weighted by Crippen LogP contribution is 2.27. The SMILES string of the molecule is C/C=C/c1cnc2c(N)nc3ccccc3c2c1. The van der Waals surface area contributed by atoms with Crippen LogP contribution in [0.2, 0.25) is 0 Å². The normalized spacial score (nSPS) is 11.6. The van der Waals surface area contributed by atoms with Gasteiger partial charge in [-0.25, -0.2) is 4.98 Å². The molecule has 0 atom stereocenters. The summed E-state index contributed by atoms with van der Waals surface area (Å²) in [7, 11) is 0. The van der Waals surface area contributed by atoms with E-state index in [2.05, 4.69) is 16.0 Å². The number of nitrogens with zero attached hydrogens (tertiary/aromatic N) is 2. The molecule has 3 aromatic rings. The fraction of sp³-hybridized carbons (Fsp3) is 0.0667. The maximum atomic E-state index is 5.95. The van der Waals surface area contributed by atoms with Crippen LogP contribution in [0.1, 0.15) is 12.5 Å². The van der Waals surface area contributed by atoms with E-state index in [0.717, 1.165) is 27.4 Å². The van der Waals surface area contributed by atoms with Crippen LogP contribution in [0.15, 0.2) is 42.6 Å². The summed E-state index contributed by atoms with van der Waals surface area (Å²) in [6.07, 6.45) is 5.84. The van der Waals surface area contributed by atoms with Crippen molar-refractivity contribution in [1.29, 1.82) is 0 Å². The Kier molecular flexibility index (Phi) is 2.45. The first-order chi connectivity index (χ1) is 8.79. The van der Waals surface area contributed by atoms with Crippen LogP contribution in [0.5, 0.6) is 0 Å². The van der Waals surface area contributed by atoms with Crippen molar-refractivity contribution in [2.24, 2.45) is 0 Å². The van der Waals surface area contributed by atoms with E-state index in [0.29, 0.717) is 5.82 Å². The second-order valence-corrected chi connectivity index (χ2v) is 4.18. The lowest BCUT2D eigenvalue weighted by atomic mass is 10.1. The summed E-state index contributed by atoms with van der Waals surface area (Å²) >= 11 is 0. The van der Waals surface area contributed by atoms with E-state index >= 15 is 0 Å². The summed E-state index contributed by atoms with van der Waals surface area (Å²) in [6, 6.07) is 10.1. The molecule has 0 amide bonds. The number of rotatable bonds is 1. The Balaban J connectivity index is 2.47. The van der Waals surface area contributed by atoms with Crippen molar-refractivity contribution in [2.45, 2.75) is 6.92 Å². The summed E-state index contributed by atoms with van der Waals surface area (Å²) in [6.45, 7) is 1.99. The number of anilines is 1. The van der Waals surface area contributed by atoms with Crippen LogP contribution in [0, 0.1) is 0 Å². The van der Waals surface area contributed by atoms with Gasteiger partial charge in [0.2, 0.25) is 0 Å². The van der Waals surface area contributed by atoms with E-state index in [-0.39, 0.29) is 0 Å². The highest BCUT2D eigenvalue weighted by atomic mass is 14.9. The zero-order chi connectivity index (χ0) is 12.5. The molecule has 3 rings (SSSR count). The summed E-state index contributed by atoms with van der Waals surface area (Å²) in [4.78, 5) is 8.79. The fourth-order valence-corrected chi connectivity index (χ4v) is 2.16. The minimum Gasteiger partial charge on any atom is -0.382 e. The van der Waals surface area contributed by atoms with Crippen molar-refractivity contribution in [3.63, 3.8) is 0 Å². The second kappa shape index (κ2) is 4.11. The maximum Gasteiger partial charge on any atom is 0.150 e. The van der Waals surface area contributed by atoms with Gasteiger partial charge in [0.05, 0.1) is 5.52 Å². The van der Waals surface area contributed by atoms with Gasteiger partial charge >= 0.3 is 0 Å². The number of fused-ring (bicyclic) bond motifs is 3. The number of hydrogen-bond acceptors (Lipinski definition) is 3. The zero-order valence-electron chi connectivity index (χ0n) is 10.1. The van der Waals surface area contributed by atoms with Crippen molar-refractivity contribution in [3.8, 4) is 0 Å². The first-order valence-electron chi connectivity index (χ1n) is 5.86. The molecule has 0 aliphatic carbocycles. The first kappa shape index (κ1) is 10.7. The monoisotopic (exact) mass is 235 g/mol. The third-order valence-corrected chi connectivity index (χ3v) is 2.95. The molecule has 3 nitrogen and oxygen atoms in total. The Labute approximate surface area is 105 Å². The van der Waals surface area contributed by atoms with Crippen molar-refractivity contribution in [2.75, 3.05) is 5.73 Å². The number of hydrogen-bond donors (Lipinski definition) is 1. The van der Waals surface area contributed by atoms with Crippen LogP contribution < -0.4 is 5.73 Å². The molecule has 0 saturated carbocycles. The van der Waals surface area contributed by atoms with E-state index in [1.54, 1.807) is 0 Å². The zero-order valence-corrected chi connectivity index (χ0v) is 10.1. The molecule has 2 heterocycles. The molecule has 0 saturated heterocycles. The Morgan fingerprint density at radius 1 is 1.17 bits per heavy atom. The summed E-state index contributed by atoms with van der Waals surface area (Å²) in [5, 5.41) is 2.13. The Morgan fingerprint density at radius 3 is 2.83 bits per heavy atom. The molecule has 3 heteroatoms. The van der Waals surface area contributed by atoms with Crippen LogP contribution in [0.3, 0.4) is 0 Å². The van der Waals surface area contributed by atoms with Crippen LogP contribution >= 0.6 is 0 Å². The van der Waals surface area contributed by atoms with E-state index < -0.39 is 0 Å². The summed E-state index contributed by atoms with van der Waals surface area (Å²) in [5.41, 5.74) is 8.70. The van der Waals surface area contributed by atoms with Crippen molar-refractivity contribution in [1.82, 2.24) is 9.97 Å². The molecule has 0 unspecified atom stereocenters. The predicted octanol–water partition coefficient (Wildman–Crippen LogP) is 3.40. The molecule has 0 aliphatic rings. The molecule has 2 aromatic heterocycles. The molecule has 88 valence electrons. The Hall–Kier alpha value is -2.42. The van der Waals surface area contributed by atoms with Crippen molar-refractivity contribution < 1.29 is 0 Å². The van der Waals surface area contributed by atoms with Gasteiger partial charge in [-0.1, -0.05) is 30.4 Å². The molecule has 0 bridgehead atoms. The van der Waals surface area contributed by atoms with E-state index in [4.69, 9.17) is 5.73 Å². The predicted molar refractivity (Wildman–Crippen MR) is 76.2 cm³/mol. The molecular weight excluding hydrogens is 222 g/mol. The van der Waals surface area contributed by atoms with Gasteiger partial charge in [0.1, 0.15) is 5.52 Å². The van der Waals surface area contributed by atoms with Gasteiger partial charge in [-0.3, -0.25) is 4.98 Å². The lowest BCUT2D eigenvalue weighted by Crippen LogP contribution is -1.95. The average molecular weight is 235 g/mol. The third kappa shape index (κ3) is 1.61. The van der Waals surface area contributed by atoms with Gasteiger partial charge in [0.15, 0.2) is 5.82 Å². The number of nitrogens with two attached hydrogens (primary N) is 1. The van der Waals surface area contributed by atoms with Gasteiger partial charge < -0.3 is 5.73 Å². The van der Waals surface area contributed by atoms with Gasteiger partial charge in [-0.2, -0.15) is 0 Å². The lowest BCUT2D eigenvalue weighted by Gasteiger charge is -2.06. The molecule has 1 aromatic carbocycles. The average Bonchev–Trinajstić information content (AvgIpc) is 2.39. The fourth-order valence-electron chi connectivity index (χ4n) is 2.16. The van der Waals surface area contributed by atoms with Crippen LogP contribution in [0.25, 0.3) is 27.9 Å². The van der Waals surface area contributed by atoms with Gasteiger partial charge in [0.25, 0.3) is 0 Å². The topological polar surface area (TPSA) is 51.8 Å². The van der Waals surface area contributed by atoms with Crippen LogP contribution in [-0.2, 0) is 0 Å². The minimum absolute atomic E-state index is 0.482. The van der Waals surface area contributed by atoms with Gasteiger partial charge in [-0.15, -0.1) is 0 Å². The largest absolute Gasteiger partial charge is 0.382 e. The lowest BCUT2D eigenvalue weighted by molar-refractivity contribution is 1.35. The number of benzene rings is 1. The Morgan fingerprint density at radius 2 is 2.00 bits per heavy atom. The number of para-hydroxylation sites is 1. The molecule has 18 heavy (non-hydrogen) atoms. The van der Waals surface area contributed by atoms with Gasteiger partial charge in [0, 0.05) is 17.0 Å². The third-order valence-electron chi connectivity index (χ3n) is 2.95. The molecule has 0 radical (unpaired) electrons. The number of nitrogen functional groups attached to an aromatic ring is 1. The Bertz CT molecular complexity index is 760. The smallest absolute Gasteiger partial charge is 0.150 e. The second-order valence-electron chi connectivity index (χ2n) is 4.18. The standard InChI is InChI=1S/C15H13N3/c1-2-5-10-8-12-11-6-3-4-7-13(11)18-15(16)14(12)17-9-10/h2-9H,1H3,(H2,16,18)/b5-2+. The highest BCUT2D eigenvalue weighted by Gasteiger charge is 2.06. The van der Waals surface area contributed by atoms with Gasteiger partial charge in [-0.05, 0) is 24.6 Å². The van der Waals surface area contributed by atoms with E-state index in [1.165, 1.54) is 0 Å². The molecule has 0 spiro atoms. The molecule has 0 aliphatic heterocycles. The minimum atomic E-state index is 0.482. The van der Waals surface area contributed by atoms with Crippen molar-refractivity contribution >= 4 is 33.7 Å². The molecule has 0 fully saturated rings. The quantitative estimate of drug-likeness (QED) is 0.658. The van der Waals surface area contributed by atoms with Crippen molar-refractivity contribution in [3.05, 3.63) is 48.2 Å². The number of pyridine rings is 2. The number of allylic oxidation sites excluding steroid dienone is 1. The summed E-state index contributed by atoms with van der Waals surface area (Å²) < 4.78 is 0. The number of aromatic nitrogens is 2. The van der Waals surface area contributed by atoms with E-state index in [1.807, 2.05) is 49.5 Å². The van der Waals surface area contributed by atoms with Crippen LogP contribution in [0.4, 0.5) is 5.82 Å². The van der Waals surface area contributed by atoms with Crippen LogP contribution in [-0.4, -0.2) is 9.97 Å². The molecular formula is C15H13N3.